The lowest BCUT2D eigenvalue weighted by Gasteiger charge is -2.22. The Morgan fingerprint density at radius 1 is 0.906 bits per heavy atom. The molecule has 1 amide bonds. The third-order valence-corrected chi connectivity index (χ3v) is 5.62. The van der Waals surface area contributed by atoms with Crippen LogP contribution in [-0.4, -0.2) is 48.4 Å². The second-order valence-electron chi connectivity index (χ2n) is 7.42. The molecule has 0 radical (unpaired) electrons. The highest BCUT2D eigenvalue weighted by molar-refractivity contribution is 6.30. The zero-order valence-corrected chi connectivity index (χ0v) is 18.0. The van der Waals surface area contributed by atoms with E-state index in [9.17, 15) is 14.7 Å². The van der Waals surface area contributed by atoms with E-state index in [1.54, 1.807) is 24.3 Å². The number of hydrogen-bond acceptors (Lipinski definition) is 4. The molecule has 6 nitrogen and oxygen atoms in total. The van der Waals surface area contributed by atoms with Crippen molar-refractivity contribution in [2.45, 2.75) is 5.92 Å². The average molecular weight is 452 g/mol. The molecule has 0 saturated carbocycles. The maximum Gasteiger partial charge on any atom is 0.410 e. The standard InChI is InChI=1S/C25H22ClNO5/c26-17-9-11-18(12-10-17)31-14-13-27(15-24(28)29)25(30)32-16-23-21-7-3-1-5-19(21)20-6-2-4-8-22(20)23/h1-12,23H,13-16H2,(H,28,29). The molecule has 7 heteroatoms. The molecule has 1 aliphatic rings. The van der Waals surface area contributed by atoms with E-state index in [4.69, 9.17) is 21.1 Å². The molecule has 3 aromatic rings. The van der Waals surface area contributed by atoms with Crippen LogP contribution in [0.5, 0.6) is 5.75 Å². The van der Waals surface area contributed by atoms with Gasteiger partial charge in [-0.1, -0.05) is 60.1 Å². The number of carbonyl (C=O) groups excluding carboxylic acids is 1. The molecule has 0 bridgehead atoms. The summed E-state index contributed by atoms with van der Waals surface area (Å²) in [6, 6.07) is 22.9. The minimum Gasteiger partial charge on any atom is -0.492 e. The van der Waals surface area contributed by atoms with Gasteiger partial charge in [0.15, 0.2) is 0 Å². The maximum atomic E-state index is 12.7. The summed E-state index contributed by atoms with van der Waals surface area (Å²) in [7, 11) is 0. The van der Waals surface area contributed by atoms with E-state index in [0.717, 1.165) is 27.2 Å². The average Bonchev–Trinajstić information content (AvgIpc) is 3.11. The number of nitrogens with zero attached hydrogens (tertiary/aromatic N) is 1. The number of carbonyl (C=O) groups is 2. The number of carboxylic acid groups (broad SMARTS) is 1. The van der Waals surface area contributed by atoms with Gasteiger partial charge in [-0.05, 0) is 46.5 Å². The van der Waals surface area contributed by atoms with Crippen molar-refractivity contribution >= 4 is 23.7 Å². The number of halogens is 1. The number of aliphatic carboxylic acids is 1. The molecule has 1 N–H and O–H groups in total. The van der Waals surface area contributed by atoms with Crippen molar-refractivity contribution in [1.82, 2.24) is 4.90 Å². The fourth-order valence-electron chi connectivity index (χ4n) is 3.89. The van der Waals surface area contributed by atoms with E-state index in [-0.39, 0.29) is 25.7 Å². The zero-order chi connectivity index (χ0) is 22.5. The summed E-state index contributed by atoms with van der Waals surface area (Å²) in [5, 5.41) is 9.80. The van der Waals surface area contributed by atoms with E-state index in [0.29, 0.717) is 10.8 Å². The minimum atomic E-state index is -1.12. The van der Waals surface area contributed by atoms with Crippen molar-refractivity contribution in [2.24, 2.45) is 0 Å². The Morgan fingerprint density at radius 2 is 1.50 bits per heavy atom. The van der Waals surface area contributed by atoms with Gasteiger partial charge in [-0.25, -0.2) is 4.79 Å². The molecule has 0 unspecified atom stereocenters. The Bertz CT molecular complexity index is 1070. The van der Waals surface area contributed by atoms with Crippen LogP contribution in [0, 0.1) is 0 Å². The lowest BCUT2D eigenvalue weighted by Crippen LogP contribution is -2.39. The van der Waals surface area contributed by atoms with Gasteiger partial charge in [0.1, 0.15) is 25.5 Å². The molecule has 0 aromatic heterocycles. The monoisotopic (exact) mass is 451 g/mol. The van der Waals surface area contributed by atoms with Crippen molar-refractivity contribution in [2.75, 3.05) is 26.3 Å². The highest BCUT2D eigenvalue weighted by Crippen LogP contribution is 2.44. The van der Waals surface area contributed by atoms with Gasteiger partial charge in [-0.15, -0.1) is 0 Å². The van der Waals surface area contributed by atoms with E-state index >= 15 is 0 Å². The summed E-state index contributed by atoms with van der Waals surface area (Å²) in [5.41, 5.74) is 4.44. The number of hydrogen-bond donors (Lipinski definition) is 1. The molecule has 0 atom stereocenters. The molecule has 0 aliphatic heterocycles. The maximum absolute atomic E-state index is 12.7. The molecule has 0 fully saturated rings. The van der Waals surface area contributed by atoms with Crippen LogP contribution in [0.15, 0.2) is 72.8 Å². The molecule has 1 aliphatic carbocycles. The number of carboxylic acids is 1. The Morgan fingerprint density at radius 3 is 2.09 bits per heavy atom. The predicted molar refractivity (Wildman–Crippen MR) is 121 cm³/mol. The smallest absolute Gasteiger partial charge is 0.410 e. The summed E-state index contributed by atoms with van der Waals surface area (Å²) >= 11 is 5.86. The summed E-state index contributed by atoms with van der Waals surface area (Å²) < 4.78 is 11.2. The Labute approximate surface area is 191 Å². The number of fused-ring (bicyclic) bond motifs is 3. The summed E-state index contributed by atoms with van der Waals surface area (Å²) in [4.78, 5) is 25.1. The van der Waals surface area contributed by atoms with Crippen LogP contribution in [0.3, 0.4) is 0 Å². The number of benzene rings is 3. The molecule has 164 valence electrons. The molecular weight excluding hydrogens is 430 g/mol. The first-order valence-electron chi connectivity index (χ1n) is 10.2. The second-order valence-corrected chi connectivity index (χ2v) is 7.86. The Kier molecular flexibility index (Phi) is 6.61. The van der Waals surface area contributed by atoms with Gasteiger partial charge in [0.2, 0.25) is 0 Å². The highest BCUT2D eigenvalue weighted by atomic mass is 35.5. The normalized spacial score (nSPS) is 12.0. The first kappa shape index (κ1) is 21.7. The van der Waals surface area contributed by atoms with Gasteiger partial charge >= 0.3 is 12.1 Å². The molecule has 0 spiro atoms. The SMILES string of the molecule is O=C(O)CN(CCOc1ccc(Cl)cc1)C(=O)OCC1c2ccccc2-c2ccccc21. The fraction of sp³-hybridized carbons (Fsp3) is 0.200. The first-order valence-corrected chi connectivity index (χ1v) is 10.6. The predicted octanol–water partition coefficient (Wildman–Crippen LogP) is 5.05. The number of amides is 1. The molecule has 4 rings (SSSR count). The summed E-state index contributed by atoms with van der Waals surface area (Å²) in [5.74, 6) is -0.634. The van der Waals surface area contributed by atoms with Crippen molar-refractivity contribution in [3.8, 4) is 16.9 Å². The molecule has 0 heterocycles. The third-order valence-electron chi connectivity index (χ3n) is 5.36. The van der Waals surface area contributed by atoms with Crippen LogP contribution in [0.25, 0.3) is 11.1 Å². The van der Waals surface area contributed by atoms with Crippen LogP contribution in [0.4, 0.5) is 4.79 Å². The van der Waals surface area contributed by atoms with Crippen LogP contribution in [0.2, 0.25) is 5.02 Å². The van der Waals surface area contributed by atoms with E-state index in [2.05, 4.69) is 12.1 Å². The summed E-state index contributed by atoms with van der Waals surface area (Å²) in [6.07, 6.45) is -0.686. The third kappa shape index (κ3) is 4.86. The van der Waals surface area contributed by atoms with Crippen molar-refractivity contribution in [3.63, 3.8) is 0 Å². The van der Waals surface area contributed by atoms with Crippen molar-refractivity contribution in [1.29, 1.82) is 0 Å². The zero-order valence-electron chi connectivity index (χ0n) is 17.2. The largest absolute Gasteiger partial charge is 0.492 e. The Balaban J connectivity index is 1.40. The van der Waals surface area contributed by atoms with Gasteiger partial charge < -0.3 is 14.6 Å². The minimum absolute atomic E-state index is 0.0750. The molecule has 0 saturated heterocycles. The van der Waals surface area contributed by atoms with E-state index in [1.807, 2.05) is 36.4 Å². The lowest BCUT2D eigenvalue weighted by molar-refractivity contribution is -0.138. The van der Waals surface area contributed by atoms with Crippen LogP contribution < -0.4 is 4.74 Å². The first-order chi connectivity index (χ1) is 15.5. The molecule has 3 aromatic carbocycles. The topological polar surface area (TPSA) is 76.1 Å². The van der Waals surface area contributed by atoms with Crippen molar-refractivity contribution < 1.29 is 24.2 Å². The van der Waals surface area contributed by atoms with Gasteiger partial charge in [-0.2, -0.15) is 0 Å². The number of ether oxygens (including phenoxy) is 2. The van der Waals surface area contributed by atoms with Crippen molar-refractivity contribution in [3.05, 3.63) is 88.9 Å². The molecule has 32 heavy (non-hydrogen) atoms. The number of rotatable bonds is 8. The van der Waals surface area contributed by atoms with Gasteiger partial charge in [0, 0.05) is 10.9 Å². The van der Waals surface area contributed by atoms with E-state index < -0.39 is 18.6 Å². The fourth-order valence-corrected chi connectivity index (χ4v) is 4.01. The van der Waals surface area contributed by atoms with Crippen LogP contribution in [0.1, 0.15) is 17.0 Å². The van der Waals surface area contributed by atoms with E-state index in [1.165, 1.54) is 0 Å². The van der Waals surface area contributed by atoms with Crippen LogP contribution >= 0.6 is 11.6 Å². The van der Waals surface area contributed by atoms with Gasteiger partial charge in [-0.3, -0.25) is 9.69 Å². The molecular formula is C25H22ClNO5. The highest BCUT2D eigenvalue weighted by Gasteiger charge is 2.30. The van der Waals surface area contributed by atoms with Gasteiger partial charge in [0.25, 0.3) is 0 Å². The van der Waals surface area contributed by atoms with Gasteiger partial charge in [0.05, 0.1) is 6.54 Å². The Hall–Kier alpha value is -3.51. The van der Waals surface area contributed by atoms with Crippen LogP contribution in [-0.2, 0) is 9.53 Å². The lowest BCUT2D eigenvalue weighted by atomic mass is 9.98. The summed E-state index contributed by atoms with van der Waals surface area (Å²) in [6.45, 7) is -0.146. The quantitative estimate of drug-likeness (QED) is 0.518. The second kappa shape index (κ2) is 9.75.